The third-order valence-electron chi connectivity index (χ3n) is 3.27. The number of hydrogen-bond acceptors (Lipinski definition) is 2. The fraction of sp³-hybridized carbons (Fsp3) is 0.250. The highest BCUT2D eigenvalue weighted by molar-refractivity contribution is 6.02. The fourth-order valence-electron chi connectivity index (χ4n) is 2.12. The van der Waals surface area contributed by atoms with E-state index in [1.807, 2.05) is 6.92 Å². The molecule has 0 unspecified atom stereocenters. The molecule has 2 rings (SSSR count). The summed E-state index contributed by atoms with van der Waals surface area (Å²) in [4.78, 5) is 4.49. The van der Waals surface area contributed by atoms with Crippen LogP contribution in [0.3, 0.4) is 0 Å². The van der Waals surface area contributed by atoms with Gasteiger partial charge in [0.1, 0.15) is 5.83 Å². The van der Waals surface area contributed by atoms with Crippen molar-refractivity contribution in [1.82, 2.24) is 10.2 Å². The standard InChI is InChI=1S/C16H18FN3/c1-5-11(9-12(17)6-2)15-13-7-8-14(10(3)4)18-16(13)20-19-15/h5-6,9H,1,3,7-8H2,2,4H3,(H,19,20)/b11-9+,12-6+. The molecule has 1 N–H and O–H groups in total. The molecule has 4 heteroatoms. The van der Waals surface area contributed by atoms with Gasteiger partial charge in [0.2, 0.25) is 0 Å². The Kier molecular flexibility index (Phi) is 4.13. The number of nitrogens with zero attached hydrogens (tertiary/aromatic N) is 2. The summed E-state index contributed by atoms with van der Waals surface area (Å²) in [5, 5.41) is 7.14. The summed E-state index contributed by atoms with van der Waals surface area (Å²) in [6.45, 7) is 11.2. The molecule has 0 fully saturated rings. The van der Waals surface area contributed by atoms with E-state index in [0.717, 1.165) is 35.4 Å². The zero-order valence-electron chi connectivity index (χ0n) is 11.8. The van der Waals surface area contributed by atoms with Crippen molar-refractivity contribution in [1.29, 1.82) is 0 Å². The third kappa shape index (κ3) is 2.69. The SMILES string of the molecule is C=C/C(=C\C(F)=C/C)c1[nH]nc2c1CCC(C(=C)C)=N2. The van der Waals surface area contributed by atoms with E-state index < -0.39 is 0 Å². The van der Waals surface area contributed by atoms with E-state index in [4.69, 9.17) is 0 Å². The number of rotatable bonds is 4. The van der Waals surface area contributed by atoms with Crippen LogP contribution in [0.2, 0.25) is 0 Å². The highest BCUT2D eigenvalue weighted by atomic mass is 19.1. The lowest BCUT2D eigenvalue weighted by Gasteiger charge is -2.12. The molecule has 0 saturated carbocycles. The first-order chi connectivity index (χ1) is 9.56. The highest BCUT2D eigenvalue weighted by Gasteiger charge is 2.20. The lowest BCUT2D eigenvalue weighted by atomic mass is 9.97. The fourth-order valence-corrected chi connectivity index (χ4v) is 2.12. The van der Waals surface area contributed by atoms with Gasteiger partial charge in [-0.3, -0.25) is 5.10 Å². The molecule has 104 valence electrons. The number of halogens is 1. The number of allylic oxidation sites excluding steroid dienone is 6. The van der Waals surface area contributed by atoms with Gasteiger partial charge in [-0.05, 0) is 38.3 Å². The second-order valence-corrected chi connectivity index (χ2v) is 4.72. The average molecular weight is 271 g/mol. The van der Waals surface area contributed by atoms with E-state index >= 15 is 0 Å². The van der Waals surface area contributed by atoms with Crippen molar-refractivity contribution in [3.05, 3.63) is 54.0 Å². The Bertz CT molecular complexity index is 645. The molecule has 0 bridgehead atoms. The minimum atomic E-state index is -0.301. The van der Waals surface area contributed by atoms with Gasteiger partial charge in [0.15, 0.2) is 5.82 Å². The number of fused-ring (bicyclic) bond motifs is 1. The second kappa shape index (κ2) is 5.82. The van der Waals surface area contributed by atoms with Gasteiger partial charge in [0, 0.05) is 16.8 Å². The van der Waals surface area contributed by atoms with Crippen LogP contribution in [-0.2, 0) is 6.42 Å². The van der Waals surface area contributed by atoms with Gasteiger partial charge < -0.3 is 0 Å². The van der Waals surface area contributed by atoms with Crippen LogP contribution in [0, 0.1) is 0 Å². The van der Waals surface area contributed by atoms with Gasteiger partial charge in [-0.15, -0.1) is 0 Å². The van der Waals surface area contributed by atoms with Crippen molar-refractivity contribution in [2.24, 2.45) is 4.99 Å². The molecule has 0 amide bonds. The van der Waals surface area contributed by atoms with Crippen LogP contribution in [0.25, 0.3) is 5.57 Å². The van der Waals surface area contributed by atoms with Crippen LogP contribution in [-0.4, -0.2) is 15.9 Å². The quantitative estimate of drug-likeness (QED) is 0.808. The molecule has 1 aromatic rings. The number of aromatic nitrogens is 2. The largest absolute Gasteiger partial charge is 0.275 e. The van der Waals surface area contributed by atoms with Gasteiger partial charge >= 0.3 is 0 Å². The normalized spacial score (nSPS) is 15.7. The molecular weight excluding hydrogens is 253 g/mol. The first kappa shape index (κ1) is 14.2. The summed E-state index contributed by atoms with van der Waals surface area (Å²) >= 11 is 0. The molecule has 0 atom stereocenters. The second-order valence-electron chi connectivity index (χ2n) is 4.72. The molecule has 20 heavy (non-hydrogen) atoms. The van der Waals surface area contributed by atoms with E-state index in [1.54, 1.807) is 13.0 Å². The van der Waals surface area contributed by atoms with Crippen molar-refractivity contribution in [2.45, 2.75) is 26.7 Å². The van der Waals surface area contributed by atoms with Crippen molar-refractivity contribution >= 4 is 17.1 Å². The molecule has 0 spiro atoms. The summed E-state index contributed by atoms with van der Waals surface area (Å²) in [6.07, 6.45) is 6.11. The monoisotopic (exact) mass is 271 g/mol. The molecule has 3 nitrogen and oxygen atoms in total. The zero-order chi connectivity index (χ0) is 14.7. The first-order valence-corrected chi connectivity index (χ1v) is 6.53. The topological polar surface area (TPSA) is 41.0 Å². The summed E-state index contributed by atoms with van der Waals surface area (Å²) in [7, 11) is 0. The molecule has 1 aliphatic heterocycles. The van der Waals surface area contributed by atoms with Crippen molar-refractivity contribution in [3.8, 4) is 0 Å². The number of H-pyrrole nitrogens is 1. The zero-order valence-corrected chi connectivity index (χ0v) is 11.8. The maximum atomic E-state index is 13.4. The summed E-state index contributed by atoms with van der Waals surface area (Å²) in [6, 6.07) is 0. The number of aromatic amines is 1. The van der Waals surface area contributed by atoms with Gasteiger partial charge in [0.25, 0.3) is 0 Å². The van der Waals surface area contributed by atoms with Crippen LogP contribution in [0.15, 0.2) is 47.8 Å². The summed E-state index contributed by atoms with van der Waals surface area (Å²) in [5.74, 6) is 0.364. The molecule has 0 aliphatic carbocycles. The van der Waals surface area contributed by atoms with Crippen LogP contribution in [0.5, 0.6) is 0 Å². The Morgan fingerprint density at radius 1 is 1.40 bits per heavy atom. The maximum absolute atomic E-state index is 13.4. The molecule has 1 aromatic heterocycles. The number of hydrogen-bond donors (Lipinski definition) is 1. The summed E-state index contributed by atoms with van der Waals surface area (Å²) < 4.78 is 13.4. The Morgan fingerprint density at radius 3 is 2.75 bits per heavy atom. The maximum Gasteiger partial charge on any atom is 0.177 e. The molecule has 1 aliphatic rings. The Labute approximate surface area is 118 Å². The predicted octanol–water partition coefficient (Wildman–Crippen LogP) is 4.45. The smallest absolute Gasteiger partial charge is 0.177 e. The Hall–Kier alpha value is -2.23. The van der Waals surface area contributed by atoms with Crippen molar-refractivity contribution in [2.75, 3.05) is 0 Å². The van der Waals surface area contributed by atoms with E-state index in [9.17, 15) is 4.39 Å². The van der Waals surface area contributed by atoms with Gasteiger partial charge in [-0.1, -0.05) is 25.3 Å². The van der Waals surface area contributed by atoms with Crippen LogP contribution < -0.4 is 0 Å². The van der Waals surface area contributed by atoms with Crippen LogP contribution >= 0.6 is 0 Å². The summed E-state index contributed by atoms with van der Waals surface area (Å²) in [5.41, 5.74) is 4.41. The van der Waals surface area contributed by atoms with Gasteiger partial charge in [-0.2, -0.15) is 5.10 Å². The molecule has 0 radical (unpaired) electrons. The van der Waals surface area contributed by atoms with Crippen LogP contribution in [0.4, 0.5) is 10.2 Å². The van der Waals surface area contributed by atoms with Gasteiger partial charge in [-0.25, -0.2) is 9.38 Å². The number of aliphatic imine (C=N–C) groups is 1. The van der Waals surface area contributed by atoms with E-state index in [2.05, 4.69) is 28.3 Å². The minimum Gasteiger partial charge on any atom is -0.275 e. The Balaban J connectivity index is 2.45. The first-order valence-electron chi connectivity index (χ1n) is 6.53. The van der Waals surface area contributed by atoms with Crippen molar-refractivity contribution < 1.29 is 4.39 Å². The van der Waals surface area contributed by atoms with Crippen LogP contribution in [0.1, 0.15) is 31.5 Å². The van der Waals surface area contributed by atoms with Crippen molar-refractivity contribution in [3.63, 3.8) is 0 Å². The average Bonchev–Trinajstić information content (AvgIpc) is 2.87. The van der Waals surface area contributed by atoms with E-state index in [0.29, 0.717) is 11.4 Å². The lowest BCUT2D eigenvalue weighted by Crippen LogP contribution is -2.06. The highest BCUT2D eigenvalue weighted by Crippen LogP contribution is 2.32. The molecule has 2 heterocycles. The molecule has 0 aromatic carbocycles. The number of nitrogens with one attached hydrogen (secondary N) is 1. The van der Waals surface area contributed by atoms with E-state index in [-0.39, 0.29) is 5.83 Å². The molecular formula is C16H18FN3. The van der Waals surface area contributed by atoms with E-state index in [1.165, 1.54) is 12.2 Å². The third-order valence-corrected chi connectivity index (χ3v) is 3.27. The minimum absolute atomic E-state index is 0.301. The molecule has 0 saturated heterocycles. The lowest BCUT2D eigenvalue weighted by molar-refractivity contribution is 0.665. The Morgan fingerprint density at radius 2 is 2.15 bits per heavy atom. The van der Waals surface area contributed by atoms with Gasteiger partial charge in [0.05, 0.1) is 5.69 Å². The predicted molar refractivity (Wildman–Crippen MR) is 81.9 cm³/mol.